The third-order valence-corrected chi connectivity index (χ3v) is 2.57. The van der Waals surface area contributed by atoms with Crippen molar-refractivity contribution in [2.75, 3.05) is 7.11 Å². The monoisotopic (exact) mass is 235 g/mol. The molecule has 0 radical (unpaired) electrons. The molecule has 2 aromatic rings. The topological polar surface area (TPSA) is 52.3 Å². The molecule has 0 unspecified atom stereocenters. The van der Waals surface area contributed by atoms with Crippen LogP contribution in [0.5, 0.6) is 0 Å². The summed E-state index contributed by atoms with van der Waals surface area (Å²) in [5.74, 6) is 0.927. The van der Waals surface area contributed by atoms with E-state index in [0.717, 1.165) is 22.7 Å². The van der Waals surface area contributed by atoms with Crippen LogP contribution in [0.25, 0.3) is 17.2 Å². The molecule has 0 N–H and O–H groups in total. The lowest BCUT2D eigenvalue weighted by molar-refractivity contribution is 0.371. The standard InChI is InChI=1S/C11H9NO3S/c1-7(14-2)8-3-5-9(6-4-8)10-12-16-11(13)15-10/h3-6H,1H2,2H3. The number of benzene rings is 1. The van der Waals surface area contributed by atoms with Crippen molar-refractivity contribution in [3.8, 4) is 11.5 Å². The maximum atomic E-state index is 10.8. The van der Waals surface area contributed by atoms with Gasteiger partial charge in [0.05, 0.1) is 18.6 Å². The van der Waals surface area contributed by atoms with Crippen molar-refractivity contribution >= 4 is 17.3 Å². The Morgan fingerprint density at radius 3 is 2.62 bits per heavy atom. The van der Waals surface area contributed by atoms with Crippen LogP contribution < -0.4 is 4.94 Å². The van der Waals surface area contributed by atoms with E-state index in [0.29, 0.717) is 11.6 Å². The first-order valence-electron chi connectivity index (χ1n) is 4.51. The number of aromatic nitrogens is 1. The molecule has 2 rings (SSSR count). The molecule has 0 aliphatic heterocycles. The van der Waals surface area contributed by atoms with Gasteiger partial charge in [0.25, 0.3) is 0 Å². The van der Waals surface area contributed by atoms with Crippen LogP contribution in [0.2, 0.25) is 0 Å². The highest BCUT2D eigenvalue weighted by Gasteiger charge is 2.06. The normalized spacial score (nSPS) is 10.1. The quantitative estimate of drug-likeness (QED) is 0.766. The van der Waals surface area contributed by atoms with Crippen LogP contribution in [-0.2, 0) is 4.74 Å². The molecule has 1 aromatic heterocycles. The van der Waals surface area contributed by atoms with E-state index in [9.17, 15) is 4.79 Å². The molecule has 1 aromatic carbocycles. The lowest BCUT2D eigenvalue weighted by atomic mass is 10.1. The molecule has 0 saturated heterocycles. The lowest BCUT2D eigenvalue weighted by Crippen LogP contribution is -1.86. The fraction of sp³-hybridized carbons (Fsp3) is 0.0909. The molecule has 0 aliphatic carbocycles. The van der Waals surface area contributed by atoms with Crippen molar-refractivity contribution in [2.45, 2.75) is 0 Å². The van der Waals surface area contributed by atoms with Gasteiger partial charge in [-0.2, -0.15) is 0 Å². The Morgan fingerprint density at radius 1 is 1.44 bits per heavy atom. The third kappa shape index (κ3) is 2.04. The zero-order valence-corrected chi connectivity index (χ0v) is 9.41. The van der Waals surface area contributed by atoms with Crippen molar-refractivity contribution in [3.63, 3.8) is 0 Å². The molecule has 0 fully saturated rings. The first-order valence-corrected chi connectivity index (χ1v) is 5.28. The van der Waals surface area contributed by atoms with Gasteiger partial charge in [-0.25, -0.2) is 4.79 Å². The highest BCUT2D eigenvalue weighted by Crippen LogP contribution is 2.20. The third-order valence-electron chi connectivity index (χ3n) is 2.08. The van der Waals surface area contributed by atoms with Gasteiger partial charge in [0.15, 0.2) is 0 Å². The fourth-order valence-corrected chi connectivity index (χ4v) is 1.64. The van der Waals surface area contributed by atoms with Crippen LogP contribution in [0.4, 0.5) is 0 Å². The second-order valence-corrected chi connectivity index (χ2v) is 3.74. The molecular weight excluding hydrogens is 226 g/mol. The number of rotatable bonds is 3. The van der Waals surface area contributed by atoms with Crippen LogP contribution >= 0.6 is 11.5 Å². The predicted molar refractivity (Wildman–Crippen MR) is 62.1 cm³/mol. The van der Waals surface area contributed by atoms with Crippen molar-refractivity contribution in [3.05, 3.63) is 46.1 Å². The average molecular weight is 235 g/mol. The molecule has 0 atom stereocenters. The van der Waals surface area contributed by atoms with Gasteiger partial charge in [-0.05, 0) is 12.1 Å². The molecule has 16 heavy (non-hydrogen) atoms. The van der Waals surface area contributed by atoms with Gasteiger partial charge in [0.1, 0.15) is 5.76 Å². The molecule has 0 saturated carbocycles. The number of hydrogen-bond acceptors (Lipinski definition) is 5. The lowest BCUT2D eigenvalue weighted by Gasteiger charge is -2.03. The predicted octanol–water partition coefficient (Wildman–Crippen LogP) is 2.38. The Labute approximate surface area is 96.0 Å². The molecular formula is C11H9NO3S. The summed E-state index contributed by atoms with van der Waals surface area (Å²) in [5, 5.41) is 0. The Kier molecular flexibility index (Phi) is 2.87. The second-order valence-electron chi connectivity index (χ2n) is 3.04. The summed E-state index contributed by atoms with van der Waals surface area (Å²) in [6.45, 7) is 3.74. The van der Waals surface area contributed by atoms with E-state index in [-0.39, 0.29) is 0 Å². The molecule has 0 spiro atoms. The zero-order valence-electron chi connectivity index (χ0n) is 8.60. The van der Waals surface area contributed by atoms with E-state index in [1.807, 2.05) is 12.1 Å². The van der Waals surface area contributed by atoms with Gasteiger partial charge >= 0.3 is 4.94 Å². The Balaban J connectivity index is 2.32. The van der Waals surface area contributed by atoms with Crippen molar-refractivity contribution < 1.29 is 9.15 Å². The van der Waals surface area contributed by atoms with E-state index in [2.05, 4.69) is 11.0 Å². The summed E-state index contributed by atoms with van der Waals surface area (Å²) in [6, 6.07) is 7.27. The van der Waals surface area contributed by atoms with Gasteiger partial charge in [-0.15, -0.1) is 4.37 Å². The van der Waals surface area contributed by atoms with Gasteiger partial charge < -0.3 is 9.15 Å². The zero-order chi connectivity index (χ0) is 11.5. The Hall–Kier alpha value is -1.88. The van der Waals surface area contributed by atoms with Gasteiger partial charge in [-0.3, -0.25) is 0 Å². The molecule has 1 heterocycles. The SMILES string of the molecule is C=C(OC)c1ccc(-c2nsc(=O)o2)cc1. The van der Waals surface area contributed by atoms with Crippen LogP contribution in [0.15, 0.2) is 40.1 Å². The summed E-state index contributed by atoms with van der Waals surface area (Å²) in [4.78, 5) is 10.4. The minimum absolute atomic E-state index is 0.338. The van der Waals surface area contributed by atoms with Crippen molar-refractivity contribution in [2.24, 2.45) is 0 Å². The molecule has 0 bridgehead atoms. The summed E-state index contributed by atoms with van der Waals surface area (Å²) < 4.78 is 13.8. The Bertz CT molecular complexity index is 553. The maximum Gasteiger partial charge on any atom is 0.414 e. The maximum absolute atomic E-state index is 10.8. The Morgan fingerprint density at radius 2 is 2.12 bits per heavy atom. The first-order chi connectivity index (χ1) is 7.70. The summed E-state index contributed by atoms with van der Waals surface area (Å²) in [5.41, 5.74) is 1.63. The van der Waals surface area contributed by atoms with Crippen LogP contribution in [0.3, 0.4) is 0 Å². The summed E-state index contributed by atoms with van der Waals surface area (Å²) >= 11 is 0.800. The van der Waals surface area contributed by atoms with Crippen molar-refractivity contribution in [1.82, 2.24) is 4.37 Å². The number of hydrogen-bond donors (Lipinski definition) is 0. The van der Waals surface area contributed by atoms with Crippen LogP contribution in [0.1, 0.15) is 5.56 Å². The first kappa shape index (κ1) is 10.6. The fourth-order valence-electron chi connectivity index (χ4n) is 1.22. The second kappa shape index (κ2) is 4.32. The molecule has 82 valence electrons. The van der Waals surface area contributed by atoms with E-state index < -0.39 is 4.94 Å². The van der Waals surface area contributed by atoms with Crippen LogP contribution in [0, 0.1) is 0 Å². The summed E-state index contributed by atoms with van der Waals surface area (Å²) in [6.07, 6.45) is 0. The van der Waals surface area contributed by atoms with E-state index in [1.165, 1.54) is 0 Å². The minimum Gasteiger partial charge on any atom is -0.497 e. The van der Waals surface area contributed by atoms with Crippen LogP contribution in [-0.4, -0.2) is 11.5 Å². The van der Waals surface area contributed by atoms with E-state index in [1.54, 1.807) is 19.2 Å². The number of ether oxygens (including phenoxy) is 1. The highest BCUT2D eigenvalue weighted by atomic mass is 32.1. The van der Waals surface area contributed by atoms with E-state index in [4.69, 9.17) is 9.15 Å². The van der Waals surface area contributed by atoms with E-state index >= 15 is 0 Å². The van der Waals surface area contributed by atoms with Gasteiger partial charge in [-0.1, -0.05) is 18.7 Å². The van der Waals surface area contributed by atoms with Gasteiger partial charge in [0, 0.05) is 11.1 Å². The molecule has 0 aliphatic rings. The number of methoxy groups -OCH3 is 1. The molecule has 0 amide bonds. The molecule has 5 heteroatoms. The average Bonchev–Trinajstić information content (AvgIpc) is 2.75. The molecule has 4 nitrogen and oxygen atoms in total. The minimum atomic E-state index is -0.402. The smallest absolute Gasteiger partial charge is 0.414 e. The highest BCUT2D eigenvalue weighted by molar-refractivity contribution is 7.02. The van der Waals surface area contributed by atoms with Crippen molar-refractivity contribution in [1.29, 1.82) is 0 Å². The largest absolute Gasteiger partial charge is 0.497 e. The number of nitrogens with zero attached hydrogens (tertiary/aromatic N) is 1. The summed E-state index contributed by atoms with van der Waals surface area (Å²) in [7, 11) is 1.57. The van der Waals surface area contributed by atoms with Gasteiger partial charge in [0.2, 0.25) is 5.89 Å².